The van der Waals surface area contributed by atoms with Crippen molar-refractivity contribution in [2.24, 2.45) is 0 Å². The fraction of sp³-hybridized carbons (Fsp3) is 0.739. The topological polar surface area (TPSA) is 0 Å². The van der Waals surface area contributed by atoms with Gasteiger partial charge < -0.3 is 16.9 Å². The average molecular weight is 439 g/mol. The summed E-state index contributed by atoms with van der Waals surface area (Å²) in [6, 6.07) is 10.9. The molecule has 0 aliphatic carbocycles. The first-order chi connectivity index (χ1) is 12.4. The fourth-order valence-electron chi connectivity index (χ4n) is 3.18. The van der Waals surface area contributed by atoms with E-state index in [1.807, 2.05) is 0 Å². The van der Waals surface area contributed by atoms with Crippen LogP contribution in [0.3, 0.4) is 0 Å². The Bertz CT molecular complexity index is 405. The van der Waals surface area contributed by atoms with Gasteiger partial charge in [-0.15, -0.1) is 23.2 Å². The highest BCUT2D eigenvalue weighted by Gasteiger charge is 2.14. The first-order valence-corrected chi connectivity index (χ1v) is 11.4. The van der Waals surface area contributed by atoms with Crippen LogP contribution >= 0.6 is 23.2 Å². The number of quaternary nitrogens is 1. The van der Waals surface area contributed by atoms with Crippen molar-refractivity contribution in [3.8, 4) is 0 Å². The Hall–Kier alpha value is 0.0500. The van der Waals surface area contributed by atoms with Crippen LogP contribution in [0.15, 0.2) is 30.3 Å². The van der Waals surface area contributed by atoms with Crippen molar-refractivity contribution >= 4 is 23.2 Å². The lowest BCUT2D eigenvalue weighted by Gasteiger charge is -2.30. The molecule has 27 heavy (non-hydrogen) atoms. The van der Waals surface area contributed by atoms with Gasteiger partial charge in [-0.1, -0.05) is 88.6 Å². The molecule has 0 saturated heterocycles. The summed E-state index contributed by atoms with van der Waals surface area (Å²) < 4.78 is 1.11. The van der Waals surface area contributed by atoms with E-state index in [9.17, 15) is 0 Å². The van der Waals surface area contributed by atoms with Crippen molar-refractivity contribution in [1.29, 1.82) is 0 Å². The van der Waals surface area contributed by atoms with Crippen LogP contribution in [-0.4, -0.2) is 30.0 Å². The third-order valence-corrected chi connectivity index (χ3v) is 4.57. The Kier molecular flexibility index (Phi) is 21.0. The van der Waals surface area contributed by atoms with E-state index in [1.54, 1.807) is 6.92 Å². The van der Waals surface area contributed by atoms with Gasteiger partial charge in [0.25, 0.3) is 0 Å². The zero-order valence-electron chi connectivity index (χ0n) is 18.0. The quantitative estimate of drug-likeness (QED) is 0.231. The minimum Gasteiger partial charge on any atom is -1.00 e. The highest BCUT2D eigenvalue weighted by atomic mass is 35.5. The molecule has 0 aliphatic heterocycles. The van der Waals surface area contributed by atoms with E-state index in [0.717, 1.165) is 11.0 Å². The van der Waals surface area contributed by atoms with Gasteiger partial charge in [-0.2, -0.15) is 0 Å². The van der Waals surface area contributed by atoms with E-state index >= 15 is 0 Å². The summed E-state index contributed by atoms with van der Waals surface area (Å²) in [7, 11) is 4.72. The number of alkyl halides is 2. The van der Waals surface area contributed by atoms with Gasteiger partial charge in [0.15, 0.2) is 0 Å². The molecule has 0 spiro atoms. The van der Waals surface area contributed by atoms with Crippen molar-refractivity contribution in [2.45, 2.75) is 89.4 Å². The smallest absolute Gasteiger partial charge is 0.105 e. The maximum absolute atomic E-state index is 5.04. The van der Waals surface area contributed by atoms with Gasteiger partial charge in [-0.3, -0.25) is 0 Å². The number of rotatable bonds is 13. The molecule has 0 fully saturated rings. The third kappa shape index (κ3) is 22.2. The minimum atomic E-state index is -0.222. The van der Waals surface area contributed by atoms with Crippen LogP contribution in [0.5, 0.6) is 0 Å². The van der Waals surface area contributed by atoms with E-state index in [1.165, 1.54) is 76.3 Å². The first-order valence-electron chi connectivity index (χ1n) is 10.5. The molecular weight excluding hydrogens is 397 g/mol. The second-order valence-electron chi connectivity index (χ2n) is 8.00. The van der Waals surface area contributed by atoms with E-state index < -0.39 is 0 Å². The lowest BCUT2D eigenvalue weighted by atomic mass is 10.1. The van der Waals surface area contributed by atoms with Crippen molar-refractivity contribution in [2.75, 3.05) is 20.6 Å². The molecular formula is C23H42Cl3N. The largest absolute Gasteiger partial charge is 1.00 e. The molecule has 1 aromatic carbocycles. The summed E-state index contributed by atoms with van der Waals surface area (Å²) in [6.45, 7) is 6.44. The molecule has 1 rings (SSSR count). The van der Waals surface area contributed by atoms with Crippen LogP contribution in [0, 0.1) is 0 Å². The standard InChI is InChI=1S/C21H38N.C2H4Cl2.ClH/c1-4-5-6-7-8-9-10-11-12-16-19-22(2,3)20-21-17-14-13-15-18-21;1-2(3)4;/h13-15,17-18H,4-12,16,19-20H2,1-3H3;2H,1H3;1H/q+1;;/p-1. The Morgan fingerprint density at radius 2 is 1.19 bits per heavy atom. The average Bonchev–Trinajstić information content (AvgIpc) is 2.56. The van der Waals surface area contributed by atoms with Gasteiger partial charge in [0, 0.05) is 5.56 Å². The van der Waals surface area contributed by atoms with Crippen LogP contribution in [-0.2, 0) is 6.54 Å². The minimum absolute atomic E-state index is 0. The molecule has 0 saturated carbocycles. The Morgan fingerprint density at radius 3 is 1.63 bits per heavy atom. The molecule has 0 bridgehead atoms. The van der Waals surface area contributed by atoms with Gasteiger partial charge in [0.05, 0.1) is 20.6 Å². The molecule has 0 aromatic heterocycles. The highest BCUT2D eigenvalue weighted by molar-refractivity contribution is 6.43. The van der Waals surface area contributed by atoms with E-state index in [-0.39, 0.29) is 17.2 Å². The Balaban J connectivity index is 0. The molecule has 160 valence electrons. The predicted octanol–water partition coefficient (Wildman–Crippen LogP) is 5.00. The van der Waals surface area contributed by atoms with Crippen LogP contribution in [0.4, 0.5) is 0 Å². The van der Waals surface area contributed by atoms with Gasteiger partial charge in [0.1, 0.15) is 11.4 Å². The number of benzene rings is 1. The summed E-state index contributed by atoms with van der Waals surface area (Å²) in [4.78, 5) is -0.222. The first kappa shape index (κ1) is 29.3. The molecule has 0 atom stereocenters. The van der Waals surface area contributed by atoms with Crippen LogP contribution in [0.2, 0.25) is 0 Å². The molecule has 0 amide bonds. The van der Waals surface area contributed by atoms with E-state index in [4.69, 9.17) is 23.2 Å². The molecule has 1 nitrogen and oxygen atoms in total. The summed E-state index contributed by atoms with van der Waals surface area (Å²) in [6.07, 6.45) is 14.2. The number of hydrogen-bond donors (Lipinski definition) is 0. The number of nitrogens with zero attached hydrogens (tertiary/aromatic N) is 1. The maximum Gasteiger partial charge on any atom is 0.105 e. The molecule has 4 heteroatoms. The van der Waals surface area contributed by atoms with E-state index in [2.05, 4.69) is 51.4 Å². The third-order valence-electron chi connectivity index (χ3n) is 4.57. The molecule has 0 radical (unpaired) electrons. The SMILES string of the molecule is CC(Cl)Cl.CCCCCCCCCCCC[N+](C)(C)Cc1ccccc1.[Cl-]. The van der Waals surface area contributed by atoms with Gasteiger partial charge in [-0.05, 0) is 19.8 Å². The monoisotopic (exact) mass is 437 g/mol. The zero-order chi connectivity index (χ0) is 19.7. The molecule has 0 heterocycles. The van der Waals surface area contributed by atoms with Gasteiger partial charge in [-0.25, -0.2) is 0 Å². The Labute approximate surface area is 185 Å². The molecule has 0 N–H and O–H groups in total. The van der Waals surface area contributed by atoms with Crippen LogP contribution in [0.1, 0.15) is 83.6 Å². The number of unbranched alkanes of at least 4 members (excludes halogenated alkanes) is 9. The fourth-order valence-corrected chi connectivity index (χ4v) is 3.18. The predicted molar refractivity (Wildman–Crippen MR) is 120 cm³/mol. The second-order valence-corrected chi connectivity index (χ2v) is 9.54. The normalized spacial score (nSPS) is 10.9. The van der Waals surface area contributed by atoms with Crippen LogP contribution in [0.25, 0.3) is 0 Å². The van der Waals surface area contributed by atoms with Gasteiger partial charge >= 0.3 is 0 Å². The second kappa shape index (κ2) is 19.4. The lowest BCUT2D eigenvalue weighted by molar-refractivity contribution is -0.903. The highest BCUT2D eigenvalue weighted by Crippen LogP contribution is 2.13. The van der Waals surface area contributed by atoms with Crippen molar-refractivity contribution in [3.63, 3.8) is 0 Å². The van der Waals surface area contributed by atoms with Crippen LogP contribution < -0.4 is 12.4 Å². The molecule has 0 unspecified atom stereocenters. The van der Waals surface area contributed by atoms with Gasteiger partial charge in [0.2, 0.25) is 0 Å². The zero-order valence-corrected chi connectivity index (χ0v) is 20.3. The summed E-state index contributed by atoms with van der Waals surface area (Å²) in [5.41, 5.74) is 1.46. The summed E-state index contributed by atoms with van der Waals surface area (Å²) in [5.74, 6) is 0. The van der Waals surface area contributed by atoms with Crippen molar-refractivity contribution in [1.82, 2.24) is 0 Å². The lowest BCUT2D eigenvalue weighted by Crippen LogP contribution is -3.00. The van der Waals surface area contributed by atoms with Crippen molar-refractivity contribution < 1.29 is 16.9 Å². The Morgan fingerprint density at radius 1 is 0.778 bits per heavy atom. The molecule has 0 aliphatic rings. The summed E-state index contributed by atoms with van der Waals surface area (Å²) in [5, 5.41) is 0. The van der Waals surface area contributed by atoms with E-state index in [0.29, 0.717) is 0 Å². The molecule has 1 aromatic rings. The van der Waals surface area contributed by atoms with Crippen molar-refractivity contribution in [3.05, 3.63) is 35.9 Å². The summed E-state index contributed by atoms with van der Waals surface area (Å²) >= 11 is 10.1. The number of halogens is 3. The number of hydrogen-bond acceptors (Lipinski definition) is 0. The maximum atomic E-state index is 5.04.